The van der Waals surface area contributed by atoms with Crippen LogP contribution in [-0.2, 0) is 19.3 Å². The Bertz CT molecular complexity index is 346. The van der Waals surface area contributed by atoms with Gasteiger partial charge in [0.2, 0.25) is 0 Å². The van der Waals surface area contributed by atoms with Crippen molar-refractivity contribution in [3.8, 4) is 0 Å². The second-order valence-electron chi connectivity index (χ2n) is 4.93. The van der Waals surface area contributed by atoms with Gasteiger partial charge in [0.25, 0.3) is 0 Å². The Morgan fingerprint density at radius 2 is 2.31 bits per heavy atom. The van der Waals surface area contributed by atoms with E-state index in [-0.39, 0.29) is 0 Å². The van der Waals surface area contributed by atoms with Gasteiger partial charge in [-0.05, 0) is 62.9 Å². The van der Waals surface area contributed by atoms with Crippen molar-refractivity contribution in [3.63, 3.8) is 0 Å². The smallest absolute Gasteiger partial charge is 0.0589 e. The summed E-state index contributed by atoms with van der Waals surface area (Å²) in [6.07, 6.45) is 4.69. The molecular formula is C12H21N3S. The maximum atomic E-state index is 5.74. The molecule has 3 nitrogen and oxygen atoms in total. The zero-order valence-corrected chi connectivity index (χ0v) is 11.0. The molecule has 1 unspecified atom stereocenters. The molecule has 0 aromatic carbocycles. The Labute approximate surface area is 102 Å². The minimum atomic E-state index is 0.689. The van der Waals surface area contributed by atoms with E-state index in [1.54, 1.807) is 11.5 Å². The number of nitrogens with two attached hydrogens (primary N) is 1. The van der Waals surface area contributed by atoms with Crippen LogP contribution in [0.5, 0.6) is 0 Å². The van der Waals surface area contributed by atoms with Gasteiger partial charge in [-0.3, -0.25) is 0 Å². The maximum absolute atomic E-state index is 5.74. The molecule has 1 atom stereocenters. The first-order valence-electron chi connectivity index (χ1n) is 6.01. The Kier molecular flexibility index (Phi) is 3.95. The highest BCUT2D eigenvalue weighted by atomic mass is 32.1. The van der Waals surface area contributed by atoms with Crippen molar-refractivity contribution in [3.05, 3.63) is 16.1 Å². The Morgan fingerprint density at radius 1 is 1.50 bits per heavy atom. The number of hydrogen-bond donors (Lipinski definition) is 1. The summed E-state index contributed by atoms with van der Waals surface area (Å²) in [5, 5.41) is 0. The molecule has 0 fully saturated rings. The van der Waals surface area contributed by atoms with E-state index in [1.807, 2.05) is 0 Å². The fourth-order valence-electron chi connectivity index (χ4n) is 2.27. The molecule has 2 N–H and O–H groups in total. The fraction of sp³-hybridized carbons (Fsp3) is 0.750. The van der Waals surface area contributed by atoms with Gasteiger partial charge in [-0.15, -0.1) is 0 Å². The topological polar surface area (TPSA) is 42.2 Å². The van der Waals surface area contributed by atoms with Gasteiger partial charge in [-0.1, -0.05) is 0 Å². The molecule has 0 bridgehead atoms. The lowest BCUT2D eigenvalue weighted by Gasteiger charge is -2.20. The van der Waals surface area contributed by atoms with Crippen LogP contribution < -0.4 is 5.73 Å². The van der Waals surface area contributed by atoms with E-state index in [9.17, 15) is 0 Å². The summed E-state index contributed by atoms with van der Waals surface area (Å²) in [7, 11) is 4.23. The van der Waals surface area contributed by atoms with Crippen molar-refractivity contribution in [1.82, 2.24) is 9.27 Å². The first kappa shape index (κ1) is 12.0. The Morgan fingerprint density at radius 3 is 3.00 bits per heavy atom. The van der Waals surface area contributed by atoms with Crippen LogP contribution in [0, 0.1) is 5.92 Å². The summed E-state index contributed by atoms with van der Waals surface area (Å²) in [5.74, 6) is 0.689. The minimum absolute atomic E-state index is 0.689. The van der Waals surface area contributed by atoms with Crippen molar-refractivity contribution in [1.29, 1.82) is 0 Å². The zero-order valence-electron chi connectivity index (χ0n) is 10.2. The second kappa shape index (κ2) is 5.25. The van der Waals surface area contributed by atoms with Gasteiger partial charge in [0.1, 0.15) is 0 Å². The van der Waals surface area contributed by atoms with Gasteiger partial charge in [-0.25, -0.2) is 0 Å². The molecule has 90 valence electrons. The van der Waals surface area contributed by atoms with Crippen LogP contribution in [0.3, 0.4) is 0 Å². The highest BCUT2D eigenvalue weighted by Crippen LogP contribution is 2.30. The first-order chi connectivity index (χ1) is 7.70. The average molecular weight is 239 g/mol. The highest BCUT2D eigenvalue weighted by molar-refractivity contribution is 7.06. The fourth-order valence-corrected chi connectivity index (χ4v) is 3.33. The average Bonchev–Trinajstić information content (AvgIpc) is 2.68. The molecule has 4 heteroatoms. The number of nitrogens with zero attached hydrogens (tertiary/aromatic N) is 2. The van der Waals surface area contributed by atoms with Crippen molar-refractivity contribution in [2.24, 2.45) is 11.7 Å². The van der Waals surface area contributed by atoms with Crippen molar-refractivity contribution < 1.29 is 0 Å². The number of fused-ring (bicyclic) bond motifs is 1. The predicted octanol–water partition coefficient (Wildman–Crippen LogP) is 1.31. The second-order valence-corrected chi connectivity index (χ2v) is 5.79. The Balaban J connectivity index is 2.04. The molecule has 0 aliphatic heterocycles. The summed E-state index contributed by atoms with van der Waals surface area (Å²) >= 11 is 1.70. The Hall–Kier alpha value is -0.450. The summed E-state index contributed by atoms with van der Waals surface area (Å²) < 4.78 is 4.61. The number of rotatable bonds is 4. The molecule has 0 radical (unpaired) electrons. The molecule has 1 aromatic heterocycles. The van der Waals surface area contributed by atoms with Gasteiger partial charge in [0, 0.05) is 17.8 Å². The van der Waals surface area contributed by atoms with Crippen LogP contribution in [-0.4, -0.2) is 36.5 Å². The largest absolute Gasteiger partial charge is 0.330 e. The van der Waals surface area contributed by atoms with E-state index in [0.717, 1.165) is 25.9 Å². The number of hydrogen-bond acceptors (Lipinski definition) is 4. The van der Waals surface area contributed by atoms with Gasteiger partial charge in [0.15, 0.2) is 0 Å². The summed E-state index contributed by atoms with van der Waals surface area (Å²) in [6, 6.07) is 0. The van der Waals surface area contributed by atoms with Crippen LogP contribution in [0.25, 0.3) is 0 Å². The molecule has 1 aliphatic rings. The lowest BCUT2D eigenvalue weighted by molar-refractivity contribution is 0.410. The number of aromatic nitrogens is 1. The molecule has 0 amide bonds. The molecular weight excluding hydrogens is 218 g/mol. The van der Waals surface area contributed by atoms with Crippen LogP contribution in [0.2, 0.25) is 0 Å². The van der Waals surface area contributed by atoms with Gasteiger partial charge >= 0.3 is 0 Å². The van der Waals surface area contributed by atoms with E-state index in [0.29, 0.717) is 5.92 Å². The van der Waals surface area contributed by atoms with Crippen LogP contribution in [0.1, 0.15) is 22.6 Å². The predicted molar refractivity (Wildman–Crippen MR) is 68.9 cm³/mol. The molecule has 1 heterocycles. The van der Waals surface area contributed by atoms with Crippen molar-refractivity contribution in [2.45, 2.75) is 25.7 Å². The van der Waals surface area contributed by atoms with Crippen LogP contribution >= 0.6 is 11.5 Å². The summed E-state index contributed by atoms with van der Waals surface area (Å²) in [5.41, 5.74) is 8.62. The molecule has 2 rings (SSSR count). The highest BCUT2D eigenvalue weighted by Gasteiger charge is 2.22. The van der Waals surface area contributed by atoms with Crippen LogP contribution in [0.15, 0.2) is 0 Å². The third kappa shape index (κ3) is 2.62. The van der Waals surface area contributed by atoms with E-state index in [2.05, 4.69) is 23.4 Å². The first-order valence-corrected chi connectivity index (χ1v) is 6.79. The lowest BCUT2D eigenvalue weighted by atomic mass is 9.87. The van der Waals surface area contributed by atoms with Gasteiger partial charge in [0.05, 0.1) is 5.69 Å². The van der Waals surface area contributed by atoms with E-state index < -0.39 is 0 Å². The molecule has 0 saturated heterocycles. The quantitative estimate of drug-likeness (QED) is 0.861. The molecule has 1 aromatic rings. The number of likely N-dealkylation sites (N-methyl/N-ethyl adjacent to an activating group) is 1. The van der Waals surface area contributed by atoms with Gasteiger partial charge in [-0.2, -0.15) is 4.37 Å². The minimum Gasteiger partial charge on any atom is -0.330 e. The van der Waals surface area contributed by atoms with E-state index >= 15 is 0 Å². The molecule has 0 spiro atoms. The molecule has 16 heavy (non-hydrogen) atoms. The molecule has 1 aliphatic carbocycles. The third-order valence-corrected chi connectivity index (χ3v) is 4.30. The maximum Gasteiger partial charge on any atom is 0.0589 e. The van der Waals surface area contributed by atoms with E-state index in [4.69, 9.17) is 5.73 Å². The monoisotopic (exact) mass is 239 g/mol. The lowest BCUT2D eigenvalue weighted by Crippen LogP contribution is -2.22. The molecule has 0 saturated carbocycles. The summed E-state index contributed by atoms with van der Waals surface area (Å²) in [4.78, 5) is 3.72. The standard InChI is InChI=1S/C12H21N3S/c1-15(2)6-5-11-10-4-3-9(8-13)7-12(10)16-14-11/h9H,3-8,13H2,1-2H3. The van der Waals surface area contributed by atoms with Crippen LogP contribution in [0.4, 0.5) is 0 Å². The van der Waals surface area contributed by atoms with Gasteiger partial charge < -0.3 is 10.6 Å². The van der Waals surface area contributed by atoms with Crippen molar-refractivity contribution >= 4 is 11.5 Å². The van der Waals surface area contributed by atoms with Crippen molar-refractivity contribution in [2.75, 3.05) is 27.2 Å². The normalized spacial score (nSPS) is 20.1. The third-order valence-electron chi connectivity index (χ3n) is 3.36. The SMILES string of the molecule is CN(C)CCc1nsc2c1CCC(CN)C2. The van der Waals surface area contributed by atoms with E-state index in [1.165, 1.54) is 29.0 Å². The zero-order chi connectivity index (χ0) is 11.5. The summed E-state index contributed by atoms with van der Waals surface area (Å²) in [6.45, 7) is 1.92.